The zero-order valence-electron chi connectivity index (χ0n) is 30.4. The highest BCUT2D eigenvalue weighted by atomic mass is 16.6. The number of amides is 3. The largest absolute Gasteiger partial charge is 0.453 e. The number of fused-ring (bicyclic) bond motifs is 3. The average molecular weight is 704 g/mol. The van der Waals surface area contributed by atoms with E-state index in [-0.39, 0.29) is 42.1 Å². The third-order valence-corrected chi connectivity index (χ3v) is 10.8. The van der Waals surface area contributed by atoms with Crippen LogP contribution in [0.3, 0.4) is 0 Å². The maximum absolute atomic E-state index is 13.7. The first-order valence-electron chi connectivity index (χ1n) is 18.2. The number of carbonyl (C=O) groups is 3. The van der Waals surface area contributed by atoms with E-state index in [1.54, 1.807) is 6.20 Å². The summed E-state index contributed by atoms with van der Waals surface area (Å²) in [5.41, 5.74) is 2.91. The van der Waals surface area contributed by atoms with E-state index in [1.807, 2.05) is 56.7 Å². The molecule has 12 nitrogen and oxygen atoms in total. The zero-order valence-corrected chi connectivity index (χ0v) is 30.4. The highest BCUT2D eigenvalue weighted by Gasteiger charge is 2.57. The molecular formula is C40H45N7O5. The fourth-order valence-electron chi connectivity index (χ4n) is 8.01. The Labute approximate surface area is 303 Å². The number of nitrogens with one attached hydrogen (secondary N) is 3. The molecule has 2 saturated heterocycles. The second-order valence-electron chi connectivity index (χ2n) is 16.0. The Morgan fingerprint density at radius 3 is 2.23 bits per heavy atom. The molecule has 2 aromatic heterocycles. The zero-order chi connectivity index (χ0) is 36.5. The van der Waals surface area contributed by atoms with Crippen molar-refractivity contribution in [3.05, 3.63) is 71.7 Å². The van der Waals surface area contributed by atoms with Crippen LogP contribution in [0.15, 0.2) is 48.8 Å². The van der Waals surface area contributed by atoms with Crippen LogP contribution >= 0.6 is 0 Å². The Morgan fingerprint density at radius 1 is 0.865 bits per heavy atom. The summed E-state index contributed by atoms with van der Waals surface area (Å²) in [5, 5.41) is 4.86. The first-order chi connectivity index (χ1) is 24.9. The van der Waals surface area contributed by atoms with E-state index in [1.165, 1.54) is 7.11 Å². The van der Waals surface area contributed by atoms with E-state index in [2.05, 4.69) is 62.4 Å². The fourth-order valence-corrected chi connectivity index (χ4v) is 8.01. The Balaban J connectivity index is 0.953. The van der Waals surface area contributed by atoms with Crippen LogP contribution in [0.2, 0.25) is 0 Å². The van der Waals surface area contributed by atoms with Gasteiger partial charge in [-0.3, -0.25) is 9.69 Å². The lowest BCUT2D eigenvalue weighted by atomic mass is 10.0. The molecule has 2 aromatic carbocycles. The second-order valence-corrected chi connectivity index (χ2v) is 16.0. The third-order valence-electron chi connectivity index (χ3n) is 10.8. The highest BCUT2D eigenvalue weighted by molar-refractivity contribution is 5.88. The molecule has 3 amide bonds. The number of rotatable bonds is 6. The molecule has 4 heterocycles. The molecule has 12 heteroatoms. The van der Waals surface area contributed by atoms with E-state index < -0.39 is 17.7 Å². The quantitative estimate of drug-likeness (QED) is 0.195. The van der Waals surface area contributed by atoms with Crippen LogP contribution in [0, 0.1) is 29.6 Å². The van der Waals surface area contributed by atoms with E-state index in [4.69, 9.17) is 14.5 Å². The maximum atomic E-state index is 13.7. The van der Waals surface area contributed by atoms with Gasteiger partial charge in [0.25, 0.3) is 0 Å². The summed E-state index contributed by atoms with van der Waals surface area (Å²) in [5.74, 6) is 8.73. The molecule has 4 aromatic rings. The molecule has 2 aliphatic heterocycles. The van der Waals surface area contributed by atoms with Crippen molar-refractivity contribution in [1.29, 1.82) is 0 Å². The number of alkyl carbamates (subject to hydrolysis) is 1. The number of aromatic nitrogens is 4. The summed E-state index contributed by atoms with van der Waals surface area (Å²) in [6, 6.07) is 11.8. The van der Waals surface area contributed by atoms with Gasteiger partial charge in [0.15, 0.2) is 0 Å². The molecule has 8 rings (SSSR count). The SMILES string of the molecule is COC(=O)N[C@H](C(=O)N1[C@@H]2C[C@H]2C[C@H]1c1ncc(C#Cc2ccc3cc(-c4cnc(C5CC6CC6N5C(=O)OC(C)(C)C)[nH]4)ccc3c2)[nH]1)C(C)C. The minimum atomic E-state index is -0.677. The van der Waals surface area contributed by atoms with Crippen LogP contribution in [0.25, 0.3) is 22.0 Å². The molecule has 52 heavy (non-hydrogen) atoms. The fraction of sp³-hybridized carbons (Fsp3) is 0.475. The minimum absolute atomic E-state index is 0.0966. The number of H-pyrrole nitrogens is 2. The molecule has 0 radical (unpaired) electrons. The Bertz CT molecular complexity index is 2120. The summed E-state index contributed by atoms with van der Waals surface area (Å²) in [4.78, 5) is 58.7. The Morgan fingerprint density at radius 2 is 1.52 bits per heavy atom. The number of imidazole rings is 2. The Kier molecular flexibility index (Phi) is 8.27. The normalized spacial score (nSPS) is 24.9. The number of nitrogens with zero attached hydrogens (tertiary/aromatic N) is 4. The average Bonchev–Trinajstić information content (AvgIpc) is 3.70. The van der Waals surface area contributed by atoms with Crippen molar-refractivity contribution in [2.24, 2.45) is 17.8 Å². The number of piperidine rings is 2. The van der Waals surface area contributed by atoms with Gasteiger partial charge >= 0.3 is 12.2 Å². The first kappa shape index (κ1) is 33.8. The molecule has 4 fully saturated rings. The van der Waals surface area contributed by atoms with E-state index >= 15 is 0 Å². The number of hydrogen-bond acceptors (Lipinski definition) is 7. The molecule has 7 atom stereocenters. The minimum Gasteiger partial charge on any atom is -0.453 e. The van der Waals surface area contributed by atoms with Gasteiger partial charge in [0.05, 0.1) is 37.3 Å². The van der Waals surface area contributed by atoms with Gasteiger partial charge in [-0.2, -0.15) is 0 Å². The molecule has 270 valence electrons. The van der Waals surface area contributed by atoms with Gasteiger partial charge in [-0.15, -0.1) is 0 Å². The van der Waals surface area contributed by atoms with Crippen LogP contribution in [-0.4, -0.2) is 78.7 Å². The summed E-state index contributed by atoms with van der Waals surface area (Å²) < 4.78 is 10.5. The van der Waals surface area contributed by atoms with Crippen molar-refractivity contribution >= 4 is 28.9 Å². The first-order valence-corrected chi connectivity index (χ1v) is 18.2. The number of aromatic amines is 2. The number of likely N-dealkylation sites (tertiary alicyclic amines) is 2. The standard InChI is InChI=1S/C40H45N7O5/c1-21(2)34(45-38(49)51-6)37(48)46-30-15-26(30)17-32(46)35-41-19-28(43-35)12-8-22-7-9-24-14-25(11-10-23(24)13-22)29-20-42-36(44-29)33-18-27-16-31(27)47(33)39(50)52-40(3,4)5/h7,9-11,13-14,19-21,26-27,30-34H,15-18H2,1-6H3,(H,41,43)(H,42,44)(H,45,49)/t26-,27?,30+,31?,32-,33?,34-/m0/s1. The lowest BCUT2D eigenvalue weighted by molar-refractivity contribution is -0.136. The van der Waals surface area contributed by atoms with E-state index in [0.717, 1.165) is 59.1 Å². The molecule has 4 aliphatic rings. The van der Waals surface area contributed by atoms with Crippen molar-refractivity contribution in [3.63, 3.8) is 0 Å². The van der Waals surface area contributed by atoms with E-state index in [9.17, 15) is 14.4 Å². The van der Waals surface area contributed by atoms with Gasteiger partial charge in [0.1, 0.15) is 29.0 Å². The van der Waals surface area contributed by atoms with Gasteiger partial charge in [-0.25, -0.2) is 19.6 Å². The Hall–Kier alpha value is -5.31. The number of benzene rings is 2. The van der Waals surface area contributed by atoms with Crippen molar-refractivity contribution in [2.75, 3.05) is 7.11 Å². The molecule has 3 unspecified atom stereocenters. The highest BCUT2D eigenvalue weighted by Crippen LogP contribution is 2.54. The van der Waals surface area contributed by atoms with Crippen molar-refractivity contribution in [2.45, 2.75) is 96.1 Å². The monoisotopic (exact) mass is 703 g/mol. The van der Waals surface area contributed by atoms with Gasteiger partial charge in [0.2, 0.25) is 5.91 Å². The summed E-state index contributed by atoms with van der Waals surface area (Å²) in [6.45, 7) is 9.51. The number of carbonyl (C=O) groups excluding carboxylic acids is 3. The van der Waals surface area contributed by atoms with Gasteiger partial charge in [0, 0.05) is 23.2 Å². The van der Waals surface area contributed by atoms with Crippen LogP contribution in [0.4, 0.5) is 9.59 Å². The van der Waals surface area contributed by atoms with Crippen LogP contribution in [0.1, 0.15) is 95.3 Å². The smallest absolute Gasteiger partial charge is 0.411 e. The number of hydrogen-bond donors (Lipinski definition) is 3. The topological polar surface area (TPSA) is 146 Å². The summed E-state index contributed by atoms with van der Waals surface area (Å²) in [6.07, 6.45) is 6.41. The number of ether oxygens (including phenoxy) is 2. The van der Waals surface area contributed by atoms with Crippen LogP contribution in [-0.2, 0) is 14.3 Å². The lowest BCUT2D eigenvalue weighted by Crippen LogP contribution is -2.52. The maximum Gasteiger partial charge on any atom is 0.411 e. The molecule has 2 saturated carbocycles. The predicted octanol–water partition coefficient (Wildman–Crippen LogP) is 6.47. The summed E-state index contributed by atoms with van der Waals surface area (Å²) >= 11 is 0. The lowest BCUT2D eigenvalue weighted by Gasteiger charge is -2.31. The van der Waals surface area contributed by atoms with Crippen LogP contribution < -0.4 is 5.32 Å². The predicted molar refractivity (Wildman–Crippen MR) is 194 cm³/mol. The van der Waals surface area contributed by atoms with Gasteiger partial charge in [-0.05, 0) is 99.1 Å². The van der Waals surface area contributed by atoms with Crippen molar-refractivity contribution in [3.8, 4) is 23.1 Å². The third kappa shape index (κ3) is 6.49. The van der Waals surface area contributed by atoms with Crippen molar-refractivity contribution < 1.29 is 23.9 Å². The van der Waals surface area contributed by atoms with Gasteiger partial charge in [-0.1, -0.05) is 38.0 Å². The molecular weight excluding hydrogens is 658 g/mol. The van der Waals surface area contributed by atoms with E-state index in [0.29, 0.717) is 23.4 Å². The number of methoxy groups -OCH3 is 1. The van der Waals surface area contributed by atoms with Gasteiger partial charge < -0.3 is 29.7 Å². The molecule has 0 spiro atoms. The van der Waals surface area contributed by atoms with Crippen molar-refractivity contribution in [1.82, 2.24) is 35.1 Å². The molecule has 0 bridgehead atoms. The molecule has 3 N–H and O–H groups in total. The summed E-state index contributed by atoms with van der Waals surface area (Å²) in [7, 11) is 1.30. The second kappa shape index (κ2) is 12.7. The van der Waals surface area contributed by atoms with Crippen LogP contribution in [0.5, 0.6) is 0 Å². The molecule has 2 aliphatic carbocycles.